The molecule has 1 heterocycles. The van der Waals surface area contributed by atoms with Crippen LogP contribution in [0.2, 0.25) is 0 Å². The summed E-state index contributed by atoms with van der Waals surface area (Å²) in [7, 11) is 0. The molecule has 0 aliphatic rings. The maximum atomic E-state index is 12.2. The molecular formula is C15H14N2O3S. The van der Waals surface area contributed by atoms with Crippen LogP contribution in [0.3, 0.4) is 0 Å². The molecule has 0 saturated heterocycles. The molecule has 2 rings (SSSR count). The van der Waals surface area contributed by atoms with Gasteiger partial charge >= 0.3 is 5.97 Å². The fraction of sp³-hybridized carbons (Fsp3) is 0.133. The number of thiazole rings is 1. The predicted molar refractivity (Wildman–Crippen MR) is 82.7 cm³/mol. The Morgan fingerprint density at radius 2 is 2.10 bits per heavy atom. The Hall–Kier alpha value is -2.47. The average molecular weight is 302 g/mol. The molecule has 0 fully saturated rings. The minimum Gasteiger partial charge on any atom is -0.478 e. The van der Waals surface area contributed by atoms with Gasteiger partial charge in [0.2, 0.25) is 0 Å². The van der Waals surface area contributed by atoms with Crippen molar-refractivity contribution in [3.8, 4) is 0 Å². The maximum Gasteiger partial charge on any atom is 0.328 e. The molecule has 0 aliphatic carbocycles. The number of benzene rings is 1. The van der Waals surface area contributed by atoms with E-state index in [4.69, 9.17) is 5.11 Å². The number of hydrogen-bond donors (Lipinski definition) is 2. The first-order valence-electron chi connectivity index (χ1n) is 6.21. The Kier molecular flexibility index (Phi) is 4.49. The van der Waals surface area contributed by atoms with Gasteiger partial charge in [0.25, 0.3) is 5.91 Å². The number of nitrogens with one attached hydrogen (secondary N) is 1. The number of rotatable bonds is 4. The minimum absolute atomic E-state index is 0.257. The first kappa shape index (κ1) is 14.9. The topological polar surface area (TPSA) is 79.3 Å². The number of anilines is 1. The summed E-state index contributed by atoms with van der Waals surface area (Å²) in [6, 6.07) is 5.20. The molecule has 1 amide bonds. The predicted octanol–water partition coefficient (Wildman–Crippen LogP) is 3.11. The fourth-order valence-electron chi connectivity index (χ4n) is 1.73. The summed E-state index contributed by atoms with van der Waals surface area (Å²) < 4.78 is 0. The van der Waals surface area contributed by atoms with Crippen molar-refractivity contribution in [3.63, 3.8) is 0 Å². The van der Waals surface area contributed by atoms with E-state index in [2.05, 4.69) is 10.3 Å². The van der Waals surface area contributed by atoms with E-state index in [9.17, 15) is 9.59 Å². The summed E-state index contributed by atoms with van der Waals surface area (Å²) in [5, 5.41) is 11.9. The zero-order valence-corrected chi connectivity index (χ0v) is 12.4. The highest BCUT2D eigenvalue weighted by molar-refractivity contribution is 7.15. The summed E-state index contributed by atoms with van der Waals surface area (Å²) in [6.45, 7) is 3.74. The highest BCUT2D eigenvalue weighted by Gasteiger charge is 2.11. The normalized spacial score (nSPS) is 10.8. The number of nitrogens with zero attached hydrogens (tertiary/aromatic N) is 1. The molecule has 1 aromatic heterocycles. The van der Waals surface area contributed by atoms with E-state index in [0.29, 0.717) is 16.3 Å². The van der Waals surface area contributed by atoms with Gasteiger partial charge in [0, 0.05) is 22.7 Å². The highest BCUT2D eigenvalue weighted by atomic mass is 32.1. The molecule has 0 unspecified atom stereocenters. The van der Waals surface area contributed by atoms with Gasteiger partial charge in [-0.05, 0) is 37.1 Å². The van der Waals surface area contributed by atoms with Crippen molar-refractivity contribution in [2.75, 3.05) is 5.32 Å². The molecule has 0 saturated carbocycles. The first-order chi connectivity index (χ1) is 9.95. The molecule has 108 valence electrons. The van der Waals surface area contributed by atoms with Gasteiger partial charge in [0.1, 0.15) is 0 Å². The van der Waals surface area contributed by atoms with Crippen LogP contribution in [0.4, 0.5) is 5.13 Å². The summed E-state index contributed by atoms with van der Waals surface area (Å²) >= 11 is 1.40. The Morgan fingerprint density at radius 3 is 2.71 bits per heavy atom. The molecule has 1 aromatic carbocycles. The minimum atomic E-state index is -1.03. The molecule has 2 N–H and O–H groups in total. The number of amides is 1. The smallest absolute Gasteiger partial charge is 0.328 e. The Balaban J connectivity index is 2.23. The van der Waals surface area contributed by atoms with Crippen molar-refractivity contribution < 1.29 is 14.7 Å². The lowest BCUT2D eigenvalue weighted by atomic mass is 10.0. The maximum absolute atomic E-state index is 12.2. The van der Waals surface area contributed by atoms with Crippen LogP contribution in [0.15, 0.2) is 30.5 Å². The number of aromatic nitrogens is 1. The lowest BCUT2D eigenvalue weighted by molar-refractivity contribution is -0.131. The van der Waals surface area contributed by atoms with Gasteiger partial charge in [-0.1, -0.05) is 12.1 Å². The van der Waals surface area contributed by atoms with E-state index in [1.807, 2.05) is 13.8 Å². The van der Waals surface area contributed by atoms with Gasteiger partial charge in [-0.2, -0.15) is 0 Å². The van der Waals surface area contributed by atoms with Gasteiger partial charge < -0.3 is 5.11 Å². The second kappa shape index (κ2) is 6.32. The van der Waals surface area contributed by atoms with Crippen LogP contribution < -0.4 is 5.32 Å². The zero-order chi connectivity index (χ0) is 15.4. The summed E-state index contributed by atoms with van der Waals surface area (Å²) in [4.78, 5) is 27.9. The molecule has 2 aromatic rings. The van der Waals surface area contributed by atoms with Crippen LogP contribution in [0, 0.1) is 13.8 Å². The van der Waals surface area contributed by atoms with Crippen LogP contribution in [0.5, 0.6) is 0 Å². The zero-order valence-electron chi connectivity index (χ0n) is 11.6. The largest absolute Gasteiger partial charge is 0.478 e. The van der Waals surface area contributed by atoms with Crippen LogP contribution in [0.1, 0.15) is 26.4 Å². The number of aliphatic carboxylic acids is 1. The van der Waals surface area contributed by atoms with E-state index in [1.54, 1.807) is 24.4 Å². The summed E-state index contributed by atoms with van der Waals surface area (Å²) in [6.07, 6.45) is 4.18. The molecule has 0 bridgehead atoms. The third kappa shape index (κ3) is 4.00. The number of carboxylic acid groups (broad SMARTS) is 1. The quantitative estimate of drug-likeness (QED) is 0.850. The number of hydrogen-bond acceptors (Lipinski definition) is 4. The van der Waals surface area contributed by atoms with Gasteiger partial charge in [-0.15, -0.1) is 11.3 Å². The number of aryl methyl sites for hydroxylation is 2. The van der Waals surface area contributed by atoms with E-state index in [1.165, 1.54) is 17.4 Å². The molecule has 0 spiro atoms. The Labute approximate surface area is 126 Å². The average Bonchev–Trinajstić information content (AvgIpc) is 2.83. The molecule has 5 nitrogen and oxygen atoms in total. The molecule has 0 aliphatic heterocycles. The lowest BCUT2D eigenvalue weighted by Gasteiger charge is -2.06. The fourth-order valence-corrected chi connectivity index (χ4v) is 2.39. The van der Waals surface area contributed by atoms with E-state index < -0.39 is 5.97 Å². The molecule has 0 radical (unpaired) electrons. The second-order valence-electron chi connectivity index (χ2n) is 4.48. The third-order valence-electron chi connectivity index (χ3n) is 2.77. The van der Waals surface area contributed by atoms with Crippen molar-refractivity contribution in [1.82, 2.24) is 4.98 Å². The van der Waals surface area contributed by atoms with Crippen molar-refractivity contribution in [2.24, 2.45) is 0 Å². The number of carbonyl (C=O) groups excluding carboxylic acids is 1. The van der Waals surface area contributed by atoms with Crippen LogP contribution >= 0.6 is 11.3 Å². The van der Waals surface area contributed by atoms with E-state index >= 15 is 0 Å². The van der Waals surface area contributed by atoms with E-state index in [0.717, 1.165) is 16.5 Å². The third-order valence-corrected chi connectivity index (χ3v) is 3.59. The van der Waals surface area contributed by atoms with Crippen molar-refractivity contribution in [1.29, 1.82) is 0 Å². The lowest BCUT2D eigenvalue weighted by Crippen LogP contribution is -2.13. The first-order valence-corrected chi connectivity index (χ1v) is 7.03. The monoisotopic (exact) mass is 302 g/mol. The highest BCUT2D eigenvalue weighted by Crippen LogP contribution is 2.19. The Bertz CT molecular complexity index is 719. The van der Waals surface area contributed by atoms with Crippen LogP contribution in [-0.2, 0) is 4.79 Å². The van der Waals surface area contributed by atoms with Crippen LogP contribution in [0.25, 0.3) is 6.08 Å². The molecule has 6 heteroatoms. The SMILES string of the molecule is Cc1cnc(NC(=O)c2cc(C=CC(=O)O)ccc2C)s1. The van der Waals surface area contributed by atoms with Crippen molar-refractivity contribution in [2.45, 2.75) is 13.8 Å². The molecular weight excluding hydrogens is 288 g/mol. The van der Waals surface area contributed by atoms with E-state index in [-0.39, 0.29) is 5.91 Å². The van der Waals surface area contributed by atoms with Crippen molar-refractivity contribution in [3.05, 3.63) is 52.0 Å². The van der Waals surface area contributed by atoms with Gasteiger partial charge in [0.15, 0.2) is 5.13 Å². The second-order valence-corrected chi connectivity index (χ2v) is 5.71. The Morgan fingerprint density at radius 1 is 1.33 bits per heavy atom. The standard InChI is InChI=1S/C15H14N2O3S/c1-9-3-4-11(5-6-13(18)19)7-12(9)14(20)17-15-16-8-10(2)21-15/h3-8H,1-2H3,(H,18,19)(H,16,17,20). The van der Waals surface area contributed by atoms with Gasteiger partial charge in [-0.25, -0.2) is 9.78 Å². The van der Waals surface area contributed by atoms with Crippen LogP contribution in [-0.4, -0.2) is 22.0 Å². The number of carbonyl (C=O) groups is 2. The summed E-state index contributed by atoms with van der Waals surface area (Å²) in [5.41, 5.74) is 1.96. The van der Waals surface area contributed by atoms with Gasteiger partial charge in [-0.3, -0.25) is 10.1 Å². The van der Waals surface area contributed by atoms with Gasteiger partial charge in [0.05, 0.1) is 0 Å². The summed E-state index contributed by atoms with van der Waals surface area (Å²) in [5.74, 6) is -1.28. The number of carboxylic acids is 1. The molecule has 0 atom stereocenters. The van der Waals surface area contributed by atoms with Crippen molar-refractivity contribution >= 4 is 34.4 Å². The molecule has 21 heavy (non-hydrogen) atoms.